The third kappa shape index (κ3) is 1.77. The number of imidazole rings is 1. The van der Waals surface area contributed by atoms with Crippen LogP contribution in [0.5, 0.6) is 0 Å². The first kappa shape index (κ1) is 10.3. The Hall–Kier alpha value is -2.24. The maximum Gasteiger partial charge on any atom is 0.356 e. The lowest BCUT2D eigenvalue weighted by Crippen LogP contribution is -1.98. The molecule has 0 aliphatic heterocycles. The maximum atomic E-state index is 10.8. The first-order valence-electron chi connectivity index (χ1n) is 4.67. The smallest absolute Gasteiger partial charge is 0.356 e. The lowest BCUT2D eigenvalue weighted by Gasteiger charge is -1.94. The molecule has 0 aliphatic carbocycles. The molecule has 82 valence electrons. The van der Waals surface area contributed by atoms with Crippen molar-refractivity contribution in [2.45, 2.75) is 13.8 Å². The highest BCUT2D eigenvalue weighted by Crippen LogP contribution is 2.14. The van der Waals surface area contributed by atoms with E-state index in [4.69, 9.17) is 5.11 Å². The molecule has 16 heavy (non-hydrogen) atoms. The van der Waals surface area contributed by atoms with E-state index in [1.54, 1.807) is 19.3 Å². The van der Waals surface area contributed by atoms with Crippen LogP contribution in [-0.4, -0.2) is 31.0 Å². The maximum absolute atomic E-state index is 10.8. The zero-order valence-electron chi connectivity index (χ0n) is 8.85. The van der Waals surface area contributed by atoms with Crippen LogP contribution in [-0.2, 0) is 0 Å². The summed E-state index contributed by atoms with van der Waals surface area (Å²) in [5.74, 6) is -0.637. The summed E-state index contributed by atoms with van der Waals surface area (Å²) in [4.78, 5) is 25.8. The summed E-state index contributed by atoms with van der Waals surface area (Å²) in [5.41, 5.74) is 1.84. The van der Waals surface area contributed by atoms with Gasteiger partial charge < -0.3 is 10.1 Å². The number of aromatic nitrogens is 4. The Bertz CT molecular complexity index is 530. The van der Waals surface area contributed by atoms with E-state index in [0.29, 0.717) is 17.2 Å². The molecule has 0 saturated heterocycles. The summed E-state index contributed by atoms with van der Waals surface area (Å²) in [6.45, 7) is 3.48. The Morgan fingerprint density at radius 1 is 1.31 bits per heavy atom. The van der Waals surface area contributed by atoms with Gasteiger partial charge in [0.05, 0.1) is 11.9 Å². The van der Waals surface area contributed by atoms with Gasteiger partial charge in [0.25, 0.3) is 0 Å². The summed E-state index contributed by atoms with van der Waals surface area (Å²) in [7, 11) is 0. The predicted octanol–water partition coefficient (Wildman–Crippen LogP) is 1.18. The molecule has 0 saturated carbocycles. The zero-order valence-corrected chi connectivity index (χ0v) is 8.85. The minimum absolute atomic E-state index is 0.0115. The number of nitrogens with one attached hydrogen (secondary N) is 1. The molecule has 2 rings (SSSR count). The topological polar surface area (TPSA) is 91.8 Å². The molecule has 0 bridgehead atoms. The third-order valence-electron chi connectivity index (χ3n) is 2.11. The van der Waals surface area contributed by atoms with E-state index < -0.39 is 5.97 Å². The summed E-state index contributed by atoms with van der Waals surface area (Å²) < 4.78 is 0. The SMILES string of the molecule is Cc1cnc(-c2nc(C(=O)O)c(C)[nH]2)cn1. The van der Waals surface area contributed by atoms with Crippen LogP contribution in [0.15, 0.2) is 12.4 Å². The fraction of sp³-hybridized carbons (Fsp3) is 0.200. The van der Waals surface area contributed by atoms with E-state index in [-0.39, 0.29) is 5.69 Å². The Morgan fingerprint density at radius 3 is 2.56 bits per heavy atom. The standard InChI is InChI=1S/C10H10N4O2/c1-5-3-12-7(4-11-5)9-13-6(2)8(14-9)10(15)16/h3-4H,1-2H3,(H,13,14)(H,15,16). The second-order valence-electron chi connectivity index (χ2n) is 3.41. The van der Waals surface area contributed by atoms with Crippen LogP contribution in [0.25, 0.3) is 11.5 Å². The number of aromatic amines is 1. The van der Waals surface area contributed by atoms with Crippen LogP contribution < -0.4 is 0 Å². The molecule has 0 amide bonds. The van der Waals surface area contributed by atoms with E-state index in [9.17, 15) is 4.79 Å². The molecule has 0 radical (unpaired) electrons. The number of H-pyrrole nitrogens is 1. The van der Waals surface area contributed by atoms with Gasteiger partial charge in [0.15, 0.2) is 11.5 Å². The number of rotatable bonds is 2. The highest BCUT2D eigenvalue weighted by atomic mass is 16.4. The Balaban J connectivity index is 2.45. The predicted molar refractivity (Wildman–Crippen MR) is 56.0 cm³/mol. The number of nitrogens with zero attached hydrogens (tertiary/aromatic N) is 3. The molecule has 0 atom stereocenters. The van der Waals surface area contributed by atoms with Gasteiger partial charge >= 0.3 is 5.97 Å². The van der Waals surface area contributed by atoms with Gasteiger partial charge in [0.2, 0.25) is 0 Å². The van der Waals surface area contributed by atoms with Crippen molar-refractivity contribution >= 4 is 5.97 Å². The Kier molecular flexibility index (Phi) is 2.40. The van der Waals surface area contributed by atoms with Crippen LogP contribution in [0, 0.1) is 13.8 Å². The van der Waals surface area contributed by atoms with Crippen molar-refractivity contribution in [1.29, 1.82) is 0 Å². The van der Waals surface area contributed by atoms with E-state index in [1.165, 1.54) is 0 Å². The third-order valence-corrected chi connectivity index (χ3v) is 2.11. The van der Waals surface area contributed by atoms with E-state index >= 15 is 0 Å². The van der Waals surface area contributed by atoms with Gasteiger partial charge in [-0.3, -0.25) is 4.98 Å². The second-order valence-corrected chi connectivity index (χ2v) is 3.41. The van der Waals surface area contributed by atoms with Crippen LogP contribution >= 0.6 is 0 Å². The van der Waals surface area contributed by atoms with Gasteiger partial charge in [-0.15, -0.1) is 0 Å². The van der Waals surface area contributed by atoms with Gasteiger partial charge in [-0.25, -0.2) is 14.8 Å². The minimum atomic E-state index is -1.06. The van der Waals surface area contributed by atoms with E-state index in [0.717, 1.165) is 5.69 Å². The number of hydrogen-bond acceptors (Lipinski definition) is 4. The Labute approximate surface area is 91.4 Å². The van der Waals surface area contributed by atoms with Crippen molar-refractivity contribution in [1.82, 2.24) is 19.9 Å². The Morgan fingerprint density at radius 2 is 2.06 bits per heavy atom. The molecular weight excluding hydrogens is 208 g/mol. The molecule has 6 heteroatoms. The van der Waals surface area contributed by atoms with Crippen molar-refractivity contribution in [3.05, 3.63) is 29.5 Å². The molecule has 0 aromatic carbocycles. The van der Waals surface area contributed by atoms with Gasteiger partial charge in [-0.05, 0) is 13.8 Å². The minimum Gasteiger partial charge on any atom is -0.476 e. The number of aryl methyl sites for hydroxylation is 2. The second kappa shape index (κ2) is 3.73. The number of carboxylic acid groups (broad SMARTS) is 1. The normalized spacial score (nSPS) is 10.4. The van der Waals surface area contributed by atoms with Gasteiger partial charge in [0, 0.05) is 11.9 Å². The molecule has 0 spiro atoms. The lowest BCUT2D eigenvalue weighted by molar-refractivity contribution is 0.0690. The van der Waals surface area contributed by atoms with Crippen molar-refractivity contribution < 1.29 is 9.90 Å². The average molecular weight is 218 g/mol. The molecule has 2 heterocycles. The zero-order chi connectivity index (χ0) is 11.7. The number of carbonyl (C=O) groups is 1. The fourth-order valence-corrected chi connectivity index (χ4v) is 1.30. The quantitative estimate of drug-likeness (QED) is 0.789. The fourth-order valence-electron chi connectivity index (χ4n) is 1.30. The summed E-state index contributed by atoms with van der Waals surface area (Å²) >= 11 is 0. The molecule has 2 N–H and O–H groups in total. The van der Waals surface area contributed by atoms with Crippen molar-refractivity contribution in [3.63, 3.8) is 0 Å². The molecule has 2 aromatic heterocycles. The number of carboxylic acids is 1. The van der Waals surface area contributed by atoms with Gasteiger partial charge in [-0.2, -0.15) is 0 Å². The first-order chi connectivity index (χ1) is 7.58. The largest absolute Gasteiger partial charge is 0.476 e. The highest BCUT2D eigenvalue weighted by molar-refractivity contribution is 5.87. The van der Waals surface area contributed by atoms with Crippen molar-refractivity contribution in [2.24, 2.45) is 0 Å². The highest BCUT2D eigenvalue weighted by Gasteiger charge is 2.14. The number of aromatic carboxylic acids is 1. The van der Waals surface area contributed by atoms with E-state index in [2.05, 4.69) is 19.9 Å². The molecule has 0 unspecified atom stereocenters. The molecular formula is C10H10N4O2. The van der Waals surface area contributed by atoms with Crippen LogP contribution in [0.4, 0.5) is 0 Å². The van der Waals surface area contributed by atoms with Crippen molar-refractivity contribution in [2.75, 3.05) is 0 Å². The number of hydrogen-bond donors (Lipinski definition) is 2. The molecule has 0 fully saturated rings. The average Bonchev–Trinajstić information content (AvgIpc) is 2.61. The van der Waals surface area contributed by atoms with Gasteiger partial charge in [-0.1, -0.05) is 0 Å². The summed E-state index contributed by atoms with van der Waals surface area (Å²) in [6.07, 6.45) is 3.16. The van der Waals surface area contributed by atoms with Crippen LogP contribution in [0.3, 0.4) is 0 Å². The van der Waals surface area contributed by atoms with Crippen LogP contribution in [0.1, 0.15) is 21.9 Å². The first-order valence-corrected chi connectivity index (χ1v) is 4.67. The monoisotopic (exact) mass is 218 g/mol. The molecule has 6 nitrogen and oxygen atoms in total. The van der Waals surface area contributed by atoms with Gasteiger partial charge in [0.1, 0.15) is 5.69 Å². The molecule has 2 aromatic rings. The van der Waals surface area contributed by atoms with E-state index in [1.807, 2.05) is 6.92 Å². The van der Waals surface area contributed by atoms with Crippen molar-refractivity contribution in [3.8, 4) is 11.5 Å². The summed E-state index contributed by atoms with van der Waals surface area (Å²) in [6, 6.07) is 0. The lowest BCUT2D eigenvalue weighted by atomic mass is 10.4. The molecule has 0 aliphatic rings. The summed E-state index contributed by atoms with van der Waals surface area (Å²) in [5, 5.41) is 8.85. The van der Waals surface area contributed by atoms with Crippen LogP contribution in [0.2, 0.25) is 0 Å².